The summed E-state index contributed by atoms with van der Waals surface area (Å²) >= 11 is -3.01. The summed E-state index contributed by atoms with van der Waals surface area (Å²) in [4.78, 5) is 0. The minimum Gasteiger partial charge on any atom is -0.372 e. The van der Waals surface area contributed by atoms with Gasteiger partial charge in [0.1, 0.15) is 0 Å². The number of rotatable bonds is 1. The van der Waals surface area contributed by atoms with Crippen molar-refractivity contribution in [1.82, 2.24) is 0 Å². The predicted molar refractivity (Wildman–Crippen MR) is 20.8 cm³/mol. The maximum absolute atomic E-state index is 9.87. The lowest BCUT2D eigenvalue weighted by atomic mass is 10.2. The van der Waals surface area contributed by atoms with Gasteiger partial charge in [-0.15, -0.1) is 0 Å². The lowest BCUT2D eigenvalue weighted by Gasteiger charge is -2.07. The summed E-state index contributed by atoms with van der Waals surface area (Å²) in [7, 11) is 0. The Morgan fingerprint density at radius 3 is 1.62 bits per heavy atom. The van der Waals surface area contributed by atoms with Gasteiger partial charge >= 0.3 is 14.8 Å². The fraction of sp³-hybridized carbons (Fsp3) is 1.00. The molecule has 0 bridgehead atoms. The van der Waals surface area contributed by atoms with Crippen LogP contribution in [0.25, 0.3) is 0 Å². The molecule has 50 valence electrons. The summed E-state index contributed by atoms with van der Waals surface area (Å²) in [6.45, 7) is 5.07. The van der Waals surface area contributed by atoms with E-state index in [2.05, 4.69) is 3.83 Å². The molecule has 0 radical (unpaired) electrons. The quantitative estimate of drug-likeness (QED) is 0.520. The fourth-order valence-electron chi connectivity index (χ4n) is 0.189. The molecule has 0 aliphatic rings. The molecule has 0 aromatic carbocycles. The highest BCUT2D eigenvalue weighted by Gasteiger charge is 2.25. The van der Waals surface area contributed by atoms with Crippen molar-refractivity contribution in [2.24, 2.45) is 0 Å². The second-order valence-corrected chi connectivity index (χ2v) is 3.50. The Kier molecular flexibility index (Phi) is 2.90. The van der Waals surface area contributed by atoms with Crippen molar-refractivity contribution in [2.45, 2.75) is 26.4 Å². The second-order valence-electron chi connectivity index (χ2n) is 2.38. The molecule has 0 unspecified atom stereocenters. The van der Waals surface area contributed by atoms with Gasteiger partial charge < -0.3 is 8.40 Å². The van der Waals surface area contributed by atoms with Crippen LogP contribution in [-0.2, 0) is 3.83 Å². The van der Waals surface area contributed by atoms with E-state index in [9.17, 15) is 8.40 Å². The lowest BCUT2D eigenvalue weighted by molar-refractivity contribution is -1.63. The number of hydrogen-bond acceptors (Lipinski definition) is 3. The van der Waals surface area contributed by atoms with Gasteiger partial charge in [0.25, 0.3) is 0 Å². The minimum absolute atomic E-state index is 0.557. The van der Waals surface area contributed by atoms with E-state index in [1.807, 2.05) is 0 Å². The molecule has 0 aliphatic carbocycles. The van der Waals surface area contributed by atoms with Gasteiger partial charge in [0.2, 0.25) is 0 Å². The summed E-state index contributed by atoms with van der Waals surface area (Å²) in [6, 6.07) is 0. The molecule has 4 heteroatoms. The Bertz CT molecular complexity index is 66.2. The van der Waals surface area contributed by atoms with Gasteiger partial charge in [0.15, 0.2) is 5.60 Å². The van der Waals surface area contributed by atoms with Gasteiger partial charge in [-0.25, -0.2) is 0 Å². The summed E-state index contributed by atoms with van der Waals surface area (Å²) in [5.74, 6) is 0. The van der Waals surface area contributed by atoms with Crippen LogP contribution in [0.3, 0.4) is 0 Å². The average Bonchev–Trinajstić information content (AvgIpc) is 1.21. The van der Waals surface area contributed by atoms with Gasteiger partial charge in [-0.05, 0) is 24.6 Å². The number of halogens is 1. The van der Waals surface area contributed by atoms with Crippen LogP contribution in [-0.4, -0.2) is 5.60 Å². The first-order chi connectivity index (χ1) is 3.42. The van der Waals surface area contributed by atoms with Crippen LogP contribution in [0.2, 0.25) is 0 Å². The molecule has 0 aliphatic heterocycles. The molecule has 0 aromatic rings. The topological polar surface area (TPSA) is 55.3 Å². The van der Waals surface area contributed by atoms with E-state index < -0.39 is 20.4 Å². The molecule has 0 atom stereocenters. The largest absolute Gasteiger partial charge is 0.436 e. The van der Waals surface area contributed by atoms with Crippen molar-refractivity contribution in [1.29, 1.82) is 0 Å². The molecule has 3 nitrogen and oxygen atoms in total. The van der Waals surface area contributed by atoms with E-state index >= 15 is 0 Å². The average molecular weight is 185 g/mol. The SMILES string of the molecule is CC(C)(C)O[Br+2]([O-])[O-]. The summed E-state index contributed by atoms with van der Waals surface area (Å²) < 4.78 is 24.2. The minimum atomic E-state index is -3.01. The van der Waals surface area contributed by atoms with Crippen LogP contribution in [0.1, 0.15) is 20.8 Å². The Balaban J connectivity index is 3.39. The van der Waals surface area contributed by atoms with Crippen LogP contribution in [0.4, 0.5) is 0 Å². The zero-order chi connectivity index (χ0) is 6.78. The van der Waals surface area contributed by atoms with Crippen LogP contribution < -0.4 is 8.40 Å². The summed E-state index contributed by atoms with van der Waals surface area (Å²) in [5.41, 5.74) is -0.557. The molecule has 0 heterocycles. The highest BCUT2D eigenvalue weighted by Crippen LogP contribution is 2.06. The summed E-state index contributed by atoms with van der Waals surface area (Å²) in [5, 5.41) is 0. The molecule has 0 saturated heterocycles. The molecular formula is C4H9BrO3. The van der Waals surface area contributed by atoms with Gasteiger partial charge in [0.05, 0.1) is 0 Å². The van der Waals surface area contributed by atoms with Crippen molar-refractivity contribution in [3.8, 4) is 0 Å². The first-order valence-corrected chi connectivity index (χ1v) is 4.11. The first-order valence-electron chi connectivity index (χ1n) is 2.17. The third-order valence-electron chi connectivity index (χ3n) is 0.294. The van der Waals surface area contributed by atoms with Gasteiger partial charge in [-0.3, -0.25) is 0 Å². The van der Waals surface area contributed by atoms with Crippen molar-refractivity contribution < 1.29 is 27.0 Å². The van der Waals surface area contributed by atoms with E-state index in [1.54, 1.807) is 20.8 Å². The van der Waals surface area contributed by atoms with E-state index in [1.165, 1.54) is 0 Å². The van der Waals surface area contributed by atoms with Crippen molar-refractivity contribution in [3.63, 3.8) is 0 Å². The molecule has 0 saturated carbocycles. The first kappa shape index (κ1) is 8.36. The van der Waals surface area contributed by atoms with Crippen LogP contribution in [0.5, 0.6) is 0 Å². The third kappa shape index (κ3) is 6.36. The Labute approximate surface area is 54.1 Å². The zero-order valence-electron chi connectivity index (χ0n) is 5.10. The predicted octanol–water partition coefficient (Wildman–Crippen LogP) is -1.11. The van der Waals surface area contributed by atoms with Gasteiger partial charge in [-0.1, -0.05) is 0 Å². The maximum atomic E-state index is 9.87. The molecular weight excluding hydrogens is 176 g/mol. The van der Waals surface area contributed by atoms with E-state index in [0.29, 0.717) is 0 Å². The molecule has 0 rings (SSSR count). The highest BCUT2D eigenvalue weighted by atomic mass is 80.0. The van der Waals surface area contributed by atoms with Crippen molar-refractivity contribution in [2.75, 3.05) is 0 Å². The highest BCUT2D eigenvalue weighted by molar-refractivity contribution is 4.53. The van der Waals surface area contributed by atoms with Crippen molar-refractivity contribution in [3.05, 3.63) is 0 Å². The normalized spacial score (nSPS) is 12.8. The van der Waals surface area contributed by atoms with Crippen molar-refractivity contribution >= 4 is 0 Å². The molecule has 0 amide bonds. The molecule has 0 aromatic heterocycles. The van der Waals surface area contributed by atoms with E-state index in [4.69, 9.17) is 0 Å². The molecule has 0 spiro atoms. The Hall–Kier alpha value is 0.360. The fourth-order valence-corrected chi connectivity index (χ4v) is 0.982. The molecule has 0 fully saturated rings. The smallest absolute Gasteiger partial charge is 0.372 e. The van der Waals surface area contributed by atoms with Gasteiger partial charge in [0, 0.05) is 0 Å². The van der Waals surface area contributed by atoms with Crippen LogP contribution in [0.15, 0.2) is 0 Å². The zero-order valence-corrected chi connectivity index (χ0v) is 6.69. The molecule has 8 heavy (non-hydrogen) atoms. The van der Waals surface area contributed by atoms with Crippen LogP contribution in [0, 0.1) is 14.8 Å². The summed E-state index contributed by atoms with van der Waals surface area (Å²) in [6.07, 6.45) is 0. The van der Waals surface area contributed by atoms with E-state index in [-0.39, 0.29) is 0 Å². The van der Waals surface area contributed by atoms with Gasteiger partial charge in [-0.2, -0.15) is 0 Å². The number of hydrogen-bond donors (Lipinski definition) is 0. The standard InChI is InChI=1S/C4H9BrO3/c1-4(2,3)8-5(6)7/h1-3H3. The monoisotopic (exact) mass is 184 g/mol. The van der Waals surface area contributed by atoms with E-state index in [0.717, 1.165) is 0 Å². The third-order valence-corrected chi connectivity index (χ3v) is 1.53. The van der Waals surface area contributed by atoms with Crippen LogP contribution >= 0.6 is 0 Å². The lowest BCUT2D eigenvalue weighted by Crippen LogP contribution is -2.40. The second kappa shape index (κ2) is 2.77. The molecule has 0 N–H and O–H groups in total. The maximum Gasteiger partial charge on any atom is 0.436 e. The Morgan fingerprint density at radius 1 is 1.25 bits per heavy atom. The Morgan fingerprint density at radius 2 is 1.62 bits per heavy atom.